The predicted octanol–water partition coefficient (Wildman–Crippen LogP) is 20.5. The molecule has 9 N–H and O–H groups in total. The van der Waals surface area contributed by atoms with E-state index in [0.717, 1.165) is 204 Å². The predicted molar refractivity (Wildman–Crippen MR) is 566 cm³/mol. The molecule has 131 heavy (non-hydrogen) atoms. The summed E-state index contributed by atoms with van der Waals surface area (Å²) in [5.74, 6) is 4.90. The van der Waals surface area contributed by atoms with E-state index < -0.39 is 26.8 Å². The number of ether oxygens (including phenoxy) is 4. The number of pyridine rings is 4. The first-order chi connectivity index (χ1) is 62.0. The van der Waals surface area contributed by atoms with E-state index in [1.54, 1.807) is 49.5 Å². The number of benzene rings is 7. The Morgan fingerprint density at radius 1 is 0.473 bits per heavy atom. The number of hydrogen-bond donors (Lipinski definition) is 8. The van der Waals surface area contributed by atoms with Gasteiger partial charge in [0.1, 0.15) is 51.7 Å². The number of sulfone groups is 2. The van der Waals surface area contributed by atoms with Crippen LogP contribution in [0.1, 0.15) is 68.2 Å². The summed E-state index contributed by atoms with van der Waals surface area (Å²) in [6.45, 7) is 19.2. The van der Waals surface area contributed by atoms with Gasteiger partial charge in [-0.05, 0) is 380 Å². The molecule has 7 aromatic carbocycles. The zero-order valence-corrected chi connectivity index (χ0v) is 89.0. The van der Waals surface area contributed by atoms with E-state index in [0.29, 0.717) is 52.2 Å². The molecule has 0 aliphatic rings. The number of aromatic amines is 2. The summed E-state index contributed by atoms with van der Waals surface area (Å²) >= 11 is 35.0. The van der Waals surface area contributed by atoms with E-state index in [1.807, 2.05) is 176 Å². The third-order valence-corrected chi connectivity index (χ3v) is 26.3. The van der Waals surface area contributed by atoms with Gasteiger partial charge < -0.3 is 84.7 Å². The van der Waals surface area contributed by atoms with Gasteiger partial charge in [0.05, 0.1) is 85.6 Å². The second kappa shape index (κ2) is 56.8. The monoisotopic (exact) mass is 2260 g/mol. The van der Waals surface area contributed by atoms with E-state index >= 15 is 0 Å². The van der Waals surface area contributed by atoms with Gasteiger partial charge in [0.2, 0.25) is 0 Å². The fraction of sp³-hybridized carbons (Fsp3) is 0.347. The molecule has 6 aromatic heterocycles. The van der Waals surface area contributed by atoms with Crippen molar-refractivity contribution in [3.05, 3.63) is 235 Å². The number of nitrogens with one attached hydrogen (secondary N) is 3. The van der Waals surface area contributed by atoms with Crippen molar-refractivity contribution in [1.29, 1.82) is 0 Å². The van der Waals surface area contributed by atoms with Crippen molar-refractivity contribution in [2.45, 2.75) is 83.4 Å². The number of hydrogen-bond acceptors (Lipinski definition) is 23. The second-order valence-corrected chi connectivity index (χ2v) is 41.9. The molecule has 13 rings (SSSR count). The first kappa shape index (κ1) is 112. The lowest BCUT2D eigenvalue weighted by Crippen LogP contribution is -2.30. The Hall–Kier alpha value is -7.44. The highest BCUT2D eigenvalue weighted by Crippen LogP contribution is 2.41. The SMILES string of the molecule is CCS(=O)(=O)c1cccc(-c2ccc(OCCCN(C)C)c3[nH]c4ncc(C)cc4c23)c1.CCS(=O)(=O)c1cccc(B(O)O)c1.CN(C)CCCO.CN(C)CCCOc1ccc(Cl)cc1I.Cc1cnc(N)c(Br)c1.Cc1cnc(Nc2cc(Cl)ccc2OCCCN(C)C)c(Br)c1.Cc1cnc2[nH]c3c(OCCCN(C)C)ccc(Cl)c3c2c1.Oc1ccc(Cl)cc1I. The summed E-state index contributed by atoms with van der Waals surface area (Å²) in [6.07, 6.45) is 12.0. The van der Waals surface area contributed by atoms with E-state index in [2.05, 4.69) is 169 Å². The average Bonchev–Trinajstić information content (AvgIpc) is 1.59. The van der Waals surface area contributed by atoms with Crippen LogP contribution in [0.15, 0.2) is 195 Å². The molecule has 0 spiro atoms. The van der Waals surface area contributed by atoms with E-state index in [9.17, 15) is 16.8 Å². The zero-order valence-electron chi connectivity index (χ0n) is 76.8. The van der Waals surface area contributed by atoms with E-state index in [4.69, 9.17) is 91.3 Å². The summed E-state index contributed by atoms with van der Waals surface area (Å²) in [5, 5.41) is 45.0. The molecule has 13 aromatic rings. The Bertz CT molecular complexity index is 5990. The van der Waals surface area contributed by atoms with Crippen molar-refractivity contribution >= 4 is 217 Å². The number of anilines is 3. The van der Waals surface area contributed by atoms with Gasteiger partial charge in [-0.15, -0.1) is 0 Å². The van der Waals surface area contributed by atoms with Crippen molar-refractivity contribution in [2.75, 3.05) is 159 Å². The molecule has 0 amide bonds. The standard InChI is InChI=1S/C25H29N3O3S.C17H21BrClN3O.C17H20ClN3O.C11H15ClINO.C8H11BO4S.C6H7BrN2.C6H4ClIO.C5H13NO/c1-5-32(29,30)19-9-6-8-18(15-19)20-10-11-22(31-13-7-12-28(3)4)24-23(20)21-14-17(2)16-26-25(21)27-24;1-12-9-14(18)17(20-11-12)21-15-10-13(19)5-6-16(15)23-8-4-7-22(2)3;1-11-9-12-15-13(18)5-6-14(22-8-4-7-21(2)3)16(15)20-17(12)19-10-11;1-14(2)6-3-7-15-11-5-4-9(12)8-10(11)13;1-2-14(12,13)8-5-3-4-7(6-8)9(10)11;1-4-2-5(7)6(8)9-3-4;7-4-1-2-6(9)5(8)3-4;1-6(2)4-3-5-7/h6,8-11,14-16H,5,7,12-13H2,1-4H3,(H,26,27);5-6,9-11H,4,7-8H2,1-3H3,(H,20,21);5-6,9-10H,4,7-8H2,1-3H3,(H,19,20);4-5,8H,3,6-7H2,1-2H3;3-6,10-11H,2H2,1H3;2-3H,1H3,(H2,8,9);1-3,9H;7H,3-5H2,1-2H3. The van der Waals surface area contributed by atoms with Gasteiger partial charge in [-0.3, -0.25) is 0 Å². The molecule has 708 valence electrons. The van der Waals surface area contributed by atoms with Gasteiger partial charge in [-0.2, -0.15) is 0 Å². The number of nitrogens with two attached hydrogens (primary N) is 1. The molecule has 0 bridgehead atoms. The number of fused-ring (bicyclic) bond motifs is 6. The molecular weight excluding hydrogens is 2150 g/mol. The van der Waals surface area contributed by atoms with Crippen LogP contribution < -0.4 is 35.5 Å². The molecule has 0 saturated heterocycles. The van der Waals surface area contributed by atoms with Gasteiger partial charge in [-0.25, -0.2) is 36.8 Å². The van der Waals surface area contributed by atoms with Crippen molar-refractivity contribution < 1.29 is 56.0 Å². The number of phenols is 1. The lowest BCUT2D eigenvalue weighted by Gasteiger charge is -2.15. The largest absolute Gasteiger partial charge is 0.507 e. The van der Waals surface area contributed by atoms with Crippen LogP contribution in [-0.2, 0) is 19.7 Å². The number of rotatable bonds is 31. The number of phenolic OH excluding ortho intramolecular Hbond substituents is 1. The van der Waals surface area contributed by atoms with Crippen LogP contribution in [0, 0.1) is 34.8 Å². The normalized spacial score (nSPS) is 11.1. The molecule has 0 atom stereocenters. The van der Waals surface area contributed by atoms with Crippen molar-refractivity contribution in [3.8, 4) is 39.9 Å². The van der Waals surface area contributed by atoms with Gasteiger partial charge in [0.25, 0.3) is 0 Å². The molecular formula is C95H120BBr2Cl4I2N13O12S2. The Kier molecular flexibility index (Phi) is 48.7. The molecule has 0 saturated carbocycles. The Balaban J connectivity index is 0.000000241. The first-order valence-corrected chi connectivity index (χ1v) is 50.6. The van der Waals surface area contributed by atoms with Crippen molar-refractivity contribution in [1.82, 2.24) is 54.4 Å². The number of halogens is 8. The molecule has 0 fully saturated rings. The summed E-state index contributed by atoms with van der Waals surface area (Å²) in [6, 6.07) is 44.9. The number of nitrogen functional groups attached to an aromatic ring is 1. The number of aliphatic hydroxyl groups is 1. The summed E-state index contributed by atoms with van der Waals surface area (Å²) in [7, 11) is 12.2. The minimum Gasteiger partial charge on any atom is -0.507 e. The van der Waals surface area contributed by atoms with Gasteiger partial charge in [-0.1, -0.05) is 84.5 Å². The Labute approximate surface area is 836 Å². The number of H-pyrrole nitrogens is 2. The Morgan fingerprint density at radius 2 is 0.885 bits per heavy atom. The lowest BCUT2D eigenvalue weighted by atomic mass is 9.80. The van der Waals surface area contributed by atoms with Crippen LogP contribution in [0.5, 0.6) is 28.7 Å². The third kappa shape index (κ3) is 38.3. The maximum absolute atomic E-state index is 12.5. The zero-order chi connectivity index (χ0) is 96.8. The fourth-order valence-corrected chi connectivity index (χ4v) is 17.4. The number of nitrogens with zero attached hydrogens (tertiary/aromatic N) is 9. The van der Waals surface area contributed by atoms with Gasteiger partial charge in [0.15, 0.2) is 19.7 Å². The smallest absolute Gasteiger partial charge is 0.488 e. The lowest BCUT2D eigenvalue weighted by molar-refractivity contribution is 0.263. The highest BCUT2D eigenvalue weighted by Gasteiger charge is 2.21. The minimum absolute atomic E-state index is 0.00201. The topological polar surface area (TPSA) is 324 Å². The van der Waals surface area contributed by atoms with Gasteiger partial charge >= 0.3 is 7.12 Å². The van der Waals surface area contributed by atoms with Crippen LogP contribution >= 0.6 is 123 Å². The number of aromatic nitrogens is 6. The van der Waals surface area contributed by atoms with Crippen LogP contribution in [0.3, 0.4) is 0 Å². The quantitative estimate of drug-likeness (QED) is 0.0114. The number of aliphatic hydroxyl groups excluding tert-OH is 1. The molecule has 6 heterocycles. The molecule has 36 heteroatoms. The second-order valence-electron chi connectivity index (χ2n) is 31.6. The summed E-state index contributed by atoms with van der Waals surface area (Å²) < 4.78 is 75.0. The Morgan fingerprint density at radius 3 is 1.34 bits per heavy atom. The molecule has 0 radical (unpaired) electrons. The average molecular weight is 2270 g/mol. The van der Waals surface area contributed by atoms with Crippen molar-refractivity contribution in [2.24, 2.45) is 0 Å². The van der Waals surface area contributed by atoms with Crippen LogP contribution in [0.25, 0.3) is 55.0 Å². The third-order valence-electron chi connectivity index (χ3n) is 18.9. The van der Waals surface area contributed by atoms with Crippen LogP contribution in [0.4, 0.5) is 17.3 Å². The van der Waals surface area contributed by atoms with E-state index in [1.165, 1.54) is 31.2 Å². The summed E-state index contributed by atoms with van der Waals surface area (Å²) in [5.41, 5.74) is 16.0. The van der Waals surface area contributed by atoms with E-state index in [-0.39, 0.29) is 27.6 Å². The number of aryl methyl sites for hydroxylation is 4. The molecule has 0 aliphatic carbocycles. The highest BCUT2D eigenvalue weighted by molar-refractivity contribution is 14.1. The maximum atomic E-state index is 12.5. The first-order valence-electron chi connectivity index (χ1n) is 42.1. The number of aromatic hydroxyl groups is 1. The molecule has 0 unspecified atom stereocenters. The van der Waals surface area contributed by atoms with Crippen LogP contribution in [0.2, 0.25) is 20.1 Å². The molecule has 25 nitrogen and oxygen atoms in total. The summed E-state index contributed by atoms with van der Waals surface area (Å²) in [4.78, 5) is 35.2. The molecule has 0 aliphatic heterocycles. The minimum atomic E-state index is -3.30. The van der Waals surface area contributed by atoms with Crippen LogP contribution in [-0.4, -0.2) is 246 Å². The maximum Gasteiger partial charge on any atom is 0.488 e. The highest BCUT2D eigenvalue weighted by atomic mass is 127. The van der Waals surface area contributed by atoms with Gasteiger partial charge in [0, 0.05) is 94.2 Å². The van der Waals surface area contributed by atoms with Crippen molar-refractivity contribution in [3.63, 3.8) is 0 Å². The fourth-order valence-electron chi connectivity index (χ4n) is 12.2.